The molecule has 0 amide bonds. The summed E-state index contributed by atoms with van der Waals surface area (Å²) in [5, 5.41) is 7.44. The summed E-state index contributed by atoms with van der Waals surface area (Å²) < 4.78 is 33.3. The molecule has 1 heterocycles. The van der Waals surface area contributed by atoms with Gasteiger partial charge in [-0.05, 0) is 35.9 Å². The quantitative estimate of drug-likeness (QED) is 0.308. The van der Waals surface area contributed by atoms with Crippen molar-refractivity contribution in [2.45, 2.75) is 11.3 Å². The molecule has 4 N–H and O–H groups in total. The number of nitrogen functional groups attached to an aromatic ring is 1. The number of aromatic nitrogens is 1. The number of fused-ring (bicyclic) bond motifs is 1. The number of rotatable bonds is 6. The van der Waals surface area contributed by atoms with E-state index in [1.807, 2.05) is 12.1 Å². The maximum Gasteiger partial charge on any atom is 0.261 e. The van der Waals surface area contributed by atoms with Gasteiger partial charge in [0.2, 0.25) is 0 Å². The van der Waals surface area contributed by atoms with Gasteiger partial charge < -0.3 is 10.2 Å². The molecule has 4 rings (SSSR count). The molecule has 1 aromatic heterocycles. The first kappa shape index (κ1) is 21.4. The highest BCUT2D eigenvalue weighted by molar-refractivity contribution is 7.92. The number of hydrogen-bond acceptors (Lipinski definition) is 5. The third kappa shape index (κ3) is 4.61. The normalized spacial score (nSPS) is 11.1. The molecule has 0 aliphatic heterocycles. The van der Waals surface area contributed by atoms with Gasteiger partial charge in [-0.25, -0.2) is 13.4 Å². The Bertz CT molecular complexity index is 1290. The van der Waals surface area contributed by atoms with Crippen molar-refractivity contribution < 1.29 is 12.8 Å². The minimum Gasteiger partial charge on any atom is -0.440 e. The van der Waals surface area contributed by atoms with Crippen molar-refractivity contribution in [3.05, 3.63) is 89.8 Å². The molecule has 0 radical (unpaired) electrons. The van der Waals surface area contributed by atoms with E-state index < -0.39 is 10.0 Å². The molecule has 0 saturated heterocycles. The molecule has 4 aromatic rings. The highest BCUT2D eigenvalue weighted by Crippen LogP contribution is 2.23. The van der Waals surface area contributed by atoms with E-state index in [4.69, 9.17) is 15.6 Å². The number of halogens is 1. The van der Waals surface area contributed by atoms with Gasteiger partial charge in [-0.1, -0.05) is 42.5 Å². The Balaban J connectivity index is 0.00000256. The van der Waals surface area contributed by atoms with Crippen LogP contribution in [0.2, 0.25) is 0 Å². The van der Waals surface area contributed by atoms with Crippen molar-refractivity contribution in [2.24, 2.45) is 5.73 Å². The summed E-state index contributed by atoms with van der Waals surface area (Å²) in [5.74, 6) is 0.530. The van der Waals surface area contributed by atoms with Crippen molar-refractivity contribution in [3.8, 4) is 0 Å². The number of hydrogen-bond donors (Lipinski definition) is 3. The van der Waals surface area contributed by atoms with Crippen LogP contribution in [-0.4, -0.2) is 19.2 Å². The number of anilines is 1. The van der Waals surface area contributed by atoms with Crippen LogP contribution >= 0.6 is 12.4 Å². The molecule has 3 aromatic carbocycles. The molecule has 0 atom stereocenters. The van der Waals surface area contributed by atoms with E-state index in [9.17, 15) is 8.42 Å². The number of nitrogens with two attached hydrogens (primary N) is 1. The number of nitrogens with zero attached hydrogens (tertiary/aromatic N) is 1. The lowest BCUT2D eigenvalue weighted by Gasteiger charge is -2.07. The highest BCUT2D eigenvalue weighted by Gasteiger charge is 2.15. The van der Waals surface area contributed by atoms with Crippen LogP contribution in [0.25, 0.3) is 11.1 Å². The number of sulfonamides is 1. The van der Waals surface area contributed by atoms with Crippen molar-refractivity contribution in [3.63, 3.8) is 0 Å². The van der Waals surface area contributed by atoms with Gasteiger partial charge in [0.15, 0.2) is 11.5 Å². The summed E-state index contributed by atoms with van der Waals surface area (Å²) in [5.41, 5.74) is 8.63. The summed E-state index contributed by atoms with van der Waals surface area (Å²) in [7, 11) is -3.67. The predicted molar refractivity (Wildman–Crippen MR) is 119 cm³/mol. The van der Waals surface area contributed by atoms with Gasteiger partial charge in [-0.15, -0.1) is 12.4 Å². The van der Waals surface area contributed by atoms with Crippen LogP contribution in [0.3, 0.4) is 0 Å². The molecule has 7 nitrogen and oxygen atoms in total. The van der Waals surface area contributed by atoms with Crippen LogP contribution in [-0.2, 0) is 16.4 Å². The molecular weight excluding hydrogens is 424 g/mol. The van der Waals surface area contributed by atoms with Crippen molar-refractivity contribution in [1.82, 2.24) is 4.98 Å². The summed E-state index contributed by atoms with van der Waals surface area (Å²) in [6.07, 6.45) is 0.470. The molecule has 0 unspecified atom stereocenters. The van der Waals surface area contributed by atoms with Crippen molar-refractivity contribution in [2.75, 3.05) is 4.72 Å². The minimum atomic E-state index is -3.67. The first-order valence-corrected chi connectivity index (χ1v) is 10.3. The molecule has 0 bridgehead atoms. The van der Waals surface area contributed by atoms with Crippen molar-refractivity contribution >= 4 is 45.1 Å². The van der Waals surface area contributed by atoms with E-state index in [1.165, 1.54) is 12.1 Å². The fourth-order valence-electron chi connectivity index (χ4n) is 2.90. The summed E-state index contributed by atoms with van der Waals surface area (Å²) in [4.78, 5) is 4.65. The minimum absolute atomic E-state index is 0. The fraction of sp³-hybridized carbons (Fsp3) is 0.0476. The SMILES string of the molecule is Cl.N=C(N)c1ccc(Cc2nc3cc(NS(=O)(=O)c4ccccc4)ccc3o2)cc1. The van der Waals surface area contributed by atoms with Crippen LogP contribution in [0.15, 0.2) is 82.1 Å². The van der Waals surface area contributed by atoms with E-state index in [1.54, 1.807) is 48.5 Å². The Labute approximate surface area is 179 Å². The van der Waals surface area contributed by atoms with Crippen LogP contribution in [0.1, 0.15) is 17.0 Å². The van der Waals surface area contributed by atoms with Gasteiger partial charge in [0.25, 0.3) is 10.0 Å². The van der Waals surface area contributed by atoms with Gasteiger partial charge >= 0.3 is 0 Å². The zero-order valence-corrected chi connectivity index (χ0v) is 17.3. The number of amidine groups is 1. The Morgan fingerprint density at radius 3 is 2.40 bits per heavy atom. The molecule has 0 saturated carbocycles. The Kier molecular flexibility index (Phi) is 6.09. The average molecular weight is 443 g/mol. The van der Waals surface area contributed by atoms with Gasteiger partial charge in [0.1, 0.15) is 11.4 Å². The lowest BCUT2D eigenvalue weighted by Crippen LogP contribution is -2.12. The van der Waals surface area contributed by atoms with Crippen molar-refractivity contribution in [1.29, 1.82) is 5.41 Å². The zero-order valence-electron chi connectivity index (χ0n) is 15.7. The monoisotopic (exact) mass is 442 g/mol. The van der Waals surface area contributed by atoms with Crippen LogP contribution in [0.4, 0.5) is 5.69 Å². The third-order valence-corrected chi connectivity index (χ3v) is 5.76. The molecule has 0 fully saturated rings. The lowest BCUT2D eigenvalue weighted by atomic mass is 10.1. The van der Waals surface area contributed by atoms with E-state index in [2.05, 4.69) is 9.71 Å². The van der Waals surface area contributed by atoms with Crippen LogP contribution in [0, 0.1) is 5.41 Å². The highest BCUT2D eigenvalue weighted by atomic mass is 35.5. The maximum atomic E-state index is 12.5. The first-order valence-electron chi connectivity index (χ1n) is 8.81. The summed E-state index contributed by atoms with van der Waals surface area (Å²) >= 11 is 0. The van der Waals surface area contributed by atoms with Gasteiger partial charge in [-0.2, -0.15) is 0 Å². The molecule has 0 aliphatic rings. The molecule has 0 spiro atoms. The second-order valence-corrected chi connectivity index (χ2v) is 8.18. The predicted octanol–water partition coefficient (Wildman–Crippen LogP) is 3.93. The molecule has 0 aliphatic carbocycles. The third-order valence-electron chi connectivity index (χ3n) is 4.36. The number of benzene rings is 3. The topological polar surface area (TPSA) is 122 Å². The Hall–Kier alpha value is -3.36. The maximum absolute atomic E-state index is 12.5. The second-order valence-electron chi connectivity index (χ2n) is 6.50. The Morgan fingerprint density at radius 2 is 1.73 bits per heavy atom. The van der Waals surface area contributed by atoms with Gasteiger partial charge in [0.05, 0.1) is 10.6 Å². The van der Waals surface area contributed by atoms with E-state index in [-0.39, 0.29) is 23.1 Å². The second kappa shape index (κ2) is 8.56. The largest absolute Gasteiger partial charge is 0.440 e. The van der Waals surface area contributed by atoms with E-state index in [0.717, 1.165) is 5.56 Å². The lowest BCUT2D eigenvalue weighted by molar-refractivity contribution is 0.544. The number of oxazole rings is 1. The zero-order chi connectivity index (χ0) is 20.4. The summed E-state index contributed by atoms with van der Waals surface area (Å²) in [6.45, 7) is 0. The van der Waals surface area contributed by atoms with Gasteiger partial charge in [0, 0.05) is 12.0 Å². The smallest absolute Gasteiger partial charge is 0.261 e. The molecule has 9 heteroatoms. The fourth-order valence-corrected chi connectivity index (χ4v) is 3.98. The van der Waals surface area contributed by atoms with Crippen LogP contribution in [0.5, 0.6) is 0 Å². The summed E-state index contributed by atoms with van der Waals surface area (Å²) in [6, 6.07) is 20.4. The van der Waals surface area contributed by atoms with Crippen LogP contribution < -0.4 is 10.5 Å². The molecule has 30 heavy (non-hydrogen) atoms. The standard InChI is InChI=1S/C21H18N4O3S.ClH/c22-21(23)15-8-6-14(7-9-15)12-20-24-18-13-16(10-11-19(18)28-20)25-29(26,27)17-4-2-1-3-5-17;/h1-11,13,25H,12H2,(H3,22,23);1H. The van der Waals surface area contributed by atoms with Gasteiger partial charge in [-0.3, -0.25) is 10.1 Å². The number of nitrogens with one attached hydrogen (secondary N) is 2. The average Bonchev–Trinajstić information content (AvgIpc) is 3.10. The van der Waals surface area contributed by atoms with E-state index in [0.29, 0.717) is 34.7 Å². The van der Waals surface area contributed by atoms with E-state index >= 15 is 0 Å². The first-order chi connectivity index (χ1) is 13.9. The molecule has 154 valence electrons. The molecular formula is C21H19ClN4O3S. The Morgan fingerprint density at radius 1 is 1.03 bits per heavy atom.